The number of aromatic amines is 1. The third-order valence-corrected chi connectivity index (χ3v) is 4.34. The molecule has 2 heterocycles. The minimum atomic E-state index is -0.343. The molecule has 0 radical (unpaired) electrons. The number of pyridine rings is 1. The van der Waals surface area contributed by atoms with Gasteiger partial charge in [0.2, 0.25) is 0 Å². The van der Waals surface area contributed by atoms with Crippen LogP contribution in [0, 0.1) is 0 Å². The lowest BCUT2D eigenvalue weighted by atomic mass is 10.2. The maximum atomic E-state index is 12.6. The highest BCUT2D eigenvalue weighted by molar-refractivity contribution is 6.11. The summed E-state index contributed by atoms with van der Waals surface area (Å²) < 4.78 is 5.75. The molecular weight excluding hydrogens is 384 g/mol. The smallest absolute Gasteiger partial charge is 0.276 e. The van der Waals surface area contributed by atoms with E-state index in [1.807, 2.05) is 0 Å². The van der Waals surface area contributed by atoms with E-state index in [0.717, 1.165) is 0 Å². The molecule has 0 atom stereocenters. The Hall–Kier alpha value is -4.40. The van der Waals surface area contributed by atoms with E-state index in [4.69, 9.17) is 10.5 Å². The van der Waals surface area contributed by atoms with Crippen molar-refractivity contribution >= 4 is 34.1 Å². The Kier molecular flexibility index (Phi) is 5.00. The zero-order valence-corrected chi connectivity index (χ0v) is 16.0. The number of carbonyl (C=O) groups is 2. The summed E-state index contributed by atoms with van der Waals surface area (Å²) in [5.41, 5.74) is 8.15. The lowest BCUT2D eigenvalue weighted by Crippen LogP contribution is -2.18. The molecule has 5 N–H and O–H groups in total. The van der Waals surface area contributed by atoms with Gasteiger partial charge in [0.05, 0.1) is 5.52 Å². The molecule has 9 nitrogen and oxygen atoms in total. The maximum absolute atomic E-state index is 12.6. The Balaban J connectivity index is 1.46. The van der Waals surface area contributed by atoms with Crippen LogP contribution in [0.15, 0.2) is 60.8 Å². The zero-order chi connectivity index (χ0) is 21.1. The number of fused-ring (bicyclic) bond motifs is 1. The predicted octanol–water partition coefficient (Wildman–Crippen LogP) is 2.94. The molecule has 0 aliphatic heterocycles. The molecule has 0 spiro atoms. The molecule has 30 heavy (non-hydrogen) atoms. The molecule has 0 aliphatic carbocycles. The lowest BCUT2D eigenvalue weighted by molar-refractivity contribution is 0.0957. The summed E-state index contributed by atoms with van der Waals surface area (Å²) in [7, 11) is 1.53. The first-order valence-corrected chi connectivity index (χ1v) is 9.04. The van der Waals surface area contributed by atoms with Crippen LogP contribution in [0.4, 0.5) is 11.4 Å². The van der Waals surface area contributed by atoms with Crippen LogP contribution in [0.2, 0.25) is 0 Å². The normalized spacial score (nSPS) is 10.6. The predicted molar refractivity (Wildman–Crippen MR) is 113 cm³/mol. The van der Waals surface area contributed by atoms with Crippen molar-refractivity contribution < 1.29 is 14.3 Å². The highest BCUT2D eigenvalue weighted by atomic mass is 16.5. The average Bonchev–Trinajstić information content (AvgIpc) is 3.18. The van der Waals surface area contributed by atoms with Crippen molar-refractivity contribution in [3.8, 4) is 11.5 Å². The van der Waals surface area contributed by atoms with Gasteiger partial charge < -0.3 is 21.1 Å². The number of amides is 2. The number of rotatable bonds is 5. The number of nitrogens with zero attached hydrogens (tertiary/aromatic N) is 2. The van der Waals surface area contributed by atoms with Crippen LogP contribution in [0.1, 0.15) is 21.0 Å². The van der Waals surface area contributed by atoms with Crippen molar-refractivity contribution in [3.05, 3.63) is 72.2 Å². The van der Waals surface area contributed by atoms with Crippen molar-refractivity contribution in [1.82, 2.24) is 20.5 Å². The minimum absolute atomic E-state index is 0.256. The van der Waals surface area contributed by atoms with Crippen LogP contribution in [-0.4, -0.2) is 34.0 Å². The van der Waals surface area contributed by atoms with Crippen molar-refractivity contribution in [2.75, 3.05) is 18.1 Å². The molecule has 0 bridgehead atoms. The van der Waals surface area contributed by atoms with Gasteiger partial charge in [-0.25, -0.2) is 0 Å². The van der Waals surface area contributed by atoms with E-state index in [1.165, 1.54) is 13.2 Å². The highest BCUT2D eigenvalue weighted by Gasteiger charge is 2.14. The fourth-order valence-corrected chi connectivity index (χ4v) is 2.87. The van der Waals surface area contributed by atoms with E-state index >= 15 is 0 Å². The number of carbonyl (C=O) groups excluding carboxylic acids is 2. The van der Waals surface area contributed by atoms with Gasteiger partial charge in [0.25, 0.3) is 11.8 Å². The van der Waals surface area contributed by atoms with Gasteiger partial charge in [0, 0.05) is 36.1 Å². The SMILES string of the molecule is CNC(=O)c1cc(Oc2ccc(NC(=O)c3n[nH]c4cc(N)ccc34)cc2)ccn1. The van der Waals surface area contributed by atoms with Crippen molar-refractivity contribution in [3.63, 3.8) is 0 Å². The zero-order valence-electron chi connectivity index (χ0n) is 16.0. The second kappa shape index (κ2) is 7.92. The Bertz CT molecular complexity index is 1230. The first-order valence-electron chi connectivity index (χ1n) is 9.04. The molecule has 4 rings (SSSR count). The number of hydrogen-bond donors (Lipinski definition) is 4. The van der Waals surface area contributed by atoms with Crippen LogP contribution >= 0.6 is 0 Å². The van der Waals surface area contributed by atoms with Gasteiger partial charge in [-0.1, -0.05) is 0 Å². The minimum Gasteiger partial charge on any atom is -0.457 e. The number of nitrogens with two attached hydrogens (primary N) is 1. The molecule has 150 valence electrons. The largest absolute Gasteiger partial charge is 0.457 e. The summed E-state index contributed by atoms with van der Waals surface area (Å²) in [5, 5.41) is 12.9. The molecule has 2 aromatic carbocycles. The molecule has 0 unspecified atom stereocenters. The van der Waals surface area contributed by atoms with Gasteiger partial charge in [-0.05, 0) is 48.5 Å². The van der Waals surface area contributed by atoms with Crippen molar-refractivity contribution in [1.29, 1.82) is 0 Å². The molecule has 0 fully saturated rings. The van der Waals surface area contributed by atoms with Crippen LogP contribution in [0.25, 0.3) is 10.9 Å². The van der Waals surface area contributed by atoms with E-state index in [0.29, 0.717) is 33.8 Å². The fraction of sp³-hybridized carbons (Fsp3) is 0.0476. The number of ether oxygens (including phenoxy) is 1. The number of H-pyrrole nitrogens is 1. The summed E-state index contributed by atoms with van der Waals surface area (Å²) in [5.74, 6) is 0.376. The molecule has 0 aliphatic rings. The molecule has 0 saturated heterocycles. The first-order chi connectivity index (χ1) is 14.5. The average molecular weight is 402 g/mol. The molecular formula is C21H18N6O3. The lowest BCUT2D eigenvalue weighted by Gasteiger charge is -2.08. The number of nitrogens with one attached hydrogen (secondary N) is 3. The summed E-state index contributed by atoms with van der Waals surface area (Å²) in [6.07, 6.45) is 1.50. The third kappa shape index (κ3) is 3.90. The first kappa shape index (κ1) is 18.9. The summed E-state index contributed by atoms with van der Waals surface area (Å²) >= 11 is 0. The number of hydrogen-bond acceptors (Lipinski definition) is 6. The monoisotopic (exact) mass is 402 g/mol. The second-order valence-corrected chi connectivity index (χ2v) is 6.41. The Morgan fingerprint density at radius 1 is 1.00 bits per heavy atom. The Morgan fingerprint density at radius 2 is 1.80 bits per heavy atom. The van der Waals surface area contributed by atoms with Gasteiger partial charge in [-0.3, -0.25) is 19.7 Å². The third-order valence-electron chi connectivity index (χ3n) is 4.34. The quantitative estimate of drug-likeness (QED) is 0.379. The van der Waals surface area contributed by atoms with E-state index in [2.05, 4.69) is 25.8 Å². The fourth-order valence-electron chi connectivity index (χ4n) is 2.87. The number of benzene rings is 2. The van der Waals surface area contributed by atoms with Gasteiger partial charge in [-0.2, -0.15) is 5.10 Å². The van der Waals surface area contributed by atoms with Crippen LogP contribution in [0.3, 0.4) is 0 Å². The maximum Gasteiger partial charge on any atom is 0.276 e. The topological polar surface area (TPSA) is 135 Å². The molecule has 4 aromatic rings. The van der Waals surface area contributed by atoms with Crippen molar-refractivity contribution in [2.24, 2.45) is 0 Å². The van der Waals surface area contributed by atoms with Gasteiger partial charge in [0.15, 0.2) is 5.69 Å². The summed E-state index contributed by atoms with van der Waals surface area (Å²) in [4.78, 5) is 28.3. The second-order valence-electron chi connectivity index (χ2n) is 6.41. The highest BCUT2D eigenvalue weighted by Crippen LogP contribution is 2.24. The van der Waals surface area contributed by atoms with Crippen LogP contribution < -0.4 is 21.1 Å². The molecule has 2 aromatic heterocycles. The van der Waals surface area contributed by atoms with Crippen LogP contribution in [-0.2, 0) is 0 Å². The molecule has 2 amide bonds. The van der Waals surface area contributed by atoms with Gasteiger partial charge in [0.1, 0.15) is 17.2 Å². The van der Waals surface area contributed by atoms with E-state index < -0.39 is 0 Å². The van der Waals surface area contributed by atoms with E-state index in [1.54, 1.807) is 54.6 Å². The Labute approximate surface area is 171 Å². The van der Waals surface area contributed by atoms with Gasteiger partial charge in [-0.15, -0.1) is 0 Å². The number of anilines is 2. The Morgan fingerprint density at radius 3 is 2.57 bits per heavy atom. The van der Waals surface area contributed by atoms with Crippen molar-refractivity contribution in [2.45, 2.75) is 0 Å². The van der Waals surface area contributed by atoms with E-state index in [-0.39, 0.29) is 23.2 Å². The molecule has 9 heteroatoms. The van der Waals surface area contributed by atoms with Gasteiger partial charge >= 0.3 is 0 Å². The van der Waals surface area contributed by atoms with Crippen LogP contribution in [0.5, 0.6) is 11.5 Å². The summed E-state index contributed by atoms with van der Waals surface area (Å²) in [6.45, 7) is 0. The molecule has 0 saturated carbocycles. The number of aromatic nitrogens is 3. The summed E-state index contributed by atoms with van der Waals surface area (Å²) in [6, 6.07) is 15.2. The number of nitrogen functional groups attached to an aromatic ring is 1. The standard InChI is InChI=1S/C21H18N6O3/c1-23-20(28)18-11-15(8-9-24-18)30-14-5-3-13(4-6-14)25-21(29)19-16-7-2-12(22)10-17(16)26-27-19/h2-11H,22H2,1H3,(H,23,28)(H,25,29)(H,26,27). The van der Waals surface area contributed by atoms with E-state index in [9.17, 15) is 9.59 Å².